The molecule has 0 aliphatic heterocycles. The van der Waals surface area contributed by atoms with Gasteiger partial charge in [0.05, 0.1) is 12.8 Å². The molecule has 0 aromatic carbocycles. The first-order chi connectivity index (χ1) is 8.69. The summed E-state index contributed by atoms with van der Waals surface area (Å²) in [6.07, 6.45) is 4.64. The summed E-state index contributed by atoms with van der Waals surface area (Å²) in [6, 6.07) is 3.69. The van der Waals surface area contributed by atoms with Gasteiger partial charge in [0.25, 0.3) is 0 Å². The molecule has 1 atom stereocenters. The van der Waals surface area contributed by atoms with Crippen LogP contribution in [0.25, 0.3) is 0 Å². The van der Waals surface area contributed by atoms with E-state index in [9.17, 15) is 4.79 Å². The van der Waals surface area contributed by atoms with Crippen LogP contribution in [-0.2, 0) is 16.1 Å². The maximum Gasteiger partial charge on any atom is 0.322 e. The van der Waals surface area contributed by atoms with E-state index in [0.29, 0.717) is 6.54 Å². The Hall–Kier alpha value is -1.42. The standard InChI is InChI=1S/C14H22N2O2/c1-4-5-8-12(14(17)18-3)16-10-13-11(2)7-6-9-15-13/h6-7,9,12,16H,4-5,8,10H2,1-3H3. The van der Waals surface area contributed by atoms with Gasteiger partial charge in [-0.3, -0.25) is 15.1 Å². The topological polar surface area (TPSA) is 51.2 Å². The van der Waals surface area contributed by atoms with E-state index in [2.05, 4.69) is 17.2 Å². The number of ether oxygens (including phenoxy) is 1. The first-order valence-corrected chi connectivity index (χ1v) is 6.40. The summed E-state index contributed by atoms with van der Waals surface area (Å²) in [5.74, 6) is -0.197. The number of aryl methyl sites for hydroxylation is 1. The molecule has 0 aliphatic carbocycles. The lowest BCUT2D eigenvalue weighted by Gasteiger charge is -2.16. The lowest BCUT2D eigenvalue weighted by atomic mass is 10.1. The molecule has 0 saturated carbocycles. The van der Waals surface area contributed by atoms with Crippen molar-refractivity contribution >= 4 is 5.97 Å². The minimum Gasteiger partial charge on any atom is -0.468 e. The van der Waals surface area contributed by atoms with Crippen molar-refractivity contribution < 1.29 is 9.53 Å². The minimum atomic E-state index is -0.239. The van der Waals surface area contributed by atoms with Gasteiger partial charge in [-0.05, 0) is 25.0 Å². The number of nitrogens with zero attached hydrogens (tertiary/aromatic N) is 1. The van der Waals surface area contributed by atoms with Crippen molar-refractivity contribution in [2.45, 2.75) is 45.7 Å². The van der Waals surface area contributed by atoms with Crippen LogP contribution in [0, 0.1) is 6.92 Å². The van der Waals surface area contributed by atoms with Gasteiger partial charge in [0.2, 0.25) is 0 Å². The van der Waals surface area contributed by atoms with Crippen LogP contribution in [0.4, 0.5) is 0 Å². The normalized spacial score (nSPS) is 12.2. The number of nitrogens with one attached hydrogen (secondary N) is 1. The Morgan fingerprint density at radius 1 is 1.56 bits per heavy atom. The highest BCUT2D eigenvalue weighted by molar-refractivity contribution is 5.75. The predicted molar refractivity (Wildman–Crippen MR) is 71.1 cm³/mol. The summed E-state index contributed by atoms with van der Waals surface area (Å²) in [5, 5.41) is 3.23. The lowest BCUT2D eigenvalue weighted by Crippen LogP contribution is -2.37. The van der Waals surface area contributed by atoms with E-state index in [0.717, 1.165) is 30.5 Å². The molecule has 4 nitrogen and oxygen atoms in total. The smallest absolute Gasteiger partial charge is 0.322 e. The average Bonchev–Trinajstić information content (AvgIpc) is 2.40. The van der Waals surface area contributed by atoms with E-state index in [4.69, 9.17) is 4.74 Å². The number of hydrogen-bond donors (Lipinski definition) is 1. The first-order valence-electron chi connectivity index (χ1n) is 6.40. The van der Waals surface area contributed by atoms with Crippen LogP contribution in [0.5, 0.6) is 0 Å². The monoisotopic (exact) mass is 250 g/mol. The van der Waals surface area contributed by atoms with Crippen molar-refractivity contribution in [3.8, 4) is 0 Å². The molecule has 1 rings (SSSR count). The molecule has 1 unspecified atom stereocenters. The summed E-state index contributed by atoms with van der Waals surface area (Å²) in [5.41, 5.74) is 2.10. The van der Waals surface area contributed by atoms with E-state index in [1.165, 1.54) is 7.11 Å². The van der Waals surface area contributed by atoms with Crippen LogP contribution < -0.4 is 5.32 Å². The summed E-state index contributed by atoms with van der Waals surface area (Å²) >= 11 is 0. The van der Waals surface area contributed by atoms with Gasteiger partial charge < -0.3 is 4.74 Å². The minimum absolute atomic E-state index is 0.197. The number of methoxy groups -OCH3 is 1. The van der Waals surface area contributed by atoms with Gasteiger partial charge in [-0.25, -0.2) is 0 Å². The molecule has 100 valence electrons. The summed E-state index contributed by atoms with van der Waals surface area (Å²) in [6.45, 7) is 4.72. The maximum atomic E-state index is 11.6. The second kappa shape index (κ2) is 7.82. The molecule has 0 spiro atoms. The molecule has 0 amide bonds. The van der Waals surface area contributed by atoms with E-state index in [1.54, 1.807) is 6.20 Å². The van der Waals surface area contributed by atoms with Crippen molar-refractivity contribution in [1.82, 2.24) is 10.3 Å². The Balaban J connectivity index is 2.56. The molecule has 0 fully saturated rings. The van der Waals surface area contributed by atoms with Crippen molar-refractivity contribution in [3.05, 3.63) is 29.6 Å². The van der Waals surface area contributed by atoms with Gasteiger partial charge in [0.1, 0.15) is 6.04 Å². The fourth-order valence-corrected chi connectivity index (χ4v) is 1.78. The van der Waals surface area contributed by atoms with E-state index < -0.39 is 0 Å². The third-order valence-electron chi connectivity index (χ3n) is 2.97. The van der Waals surface area contributed by atoms with Crippen LogP contribution in [0.15, 0.2) is 18.3 Å². The number of esters is 1. The molecule has 0 radical (unpaired) electrons. The quantitative estimate of drug-likeness (QED) is 0.754. The van der Waals surface area contributed by atoms with Crippen LogP contribution in [0.2, 0.25) is 0 Å². The van der Waals surface area contributed by atoms with Crippen molar-refractivity contribution in [2.24, 2.45) is 0 Å². The zero-order valence-corrected chi connectivity index (χ0v) is 11.4. The number of aromatic nitrogens is 1. The number of hydrogen-bond acceptors (Lipinski definition) is 4. The number of carbonyl (C=O) groups excluding carboxylic acids is 1. The third-order valence-corrected chi connectivity index (χ3v) is 2.97. The fraction of sp³-hybridized carbons (Fsp3) is 0.571. The van der Waals surface area contributed by atoms with Crippen LogP contribution in [0.3, 0.4) is 0 Å². The second-order valence-corrected chi connectivity index (χ2v) is 4.37. The zero-order chi connectivity index (χ0) is 13.4. The lowest BCUT2D eigenvalue weighted by molar-refractivity contribution is -0.143. The van der Waals surface area contributed by atoms with Gasteiger partial charge in [-0.1, -0.05) is 25.8 Å². The predicted octanol–water partition coefficient (Wildman–Crippen LogP) is 2.21. The van der Waals surface area contributed by atoms with Gasteiger partial charge in [-0.15, -0.1) is 0 Å². The summed E-state index contributed by atoms with van der Waals surface area (Å²) in [7, 11) is 1.43. The third kappa shape index (κ3) is 4.45. The Bertz CT molecular complexity index is 380. The highest BCUT2D eigenvalue weighted by Crippen LogP contribution is 2.06. The van der Waals surface area contributed by atoms with Crippen LogP contribution in [0.1, 0.15) is 37.4 Å². The molecule has 1 aromatic heterocycles. The van der Waals surface area contributed by atoms with Crippen LogP contribution in [-0.4, -0.2) is 24.1 Å². The molecule has 1 aromatic rings. The number of pyridine rings is 1. The average molecular weight is 250 g/mol. The molecule has 18 heavy (non-hydrogen) atoms. The largest absolute Gasteiger partial charge is 0.468 e. The number of unbranched alkanes of at least 4 members (excludes halogenated alkanes) is 1. The molecular weight excluding hydrogens is 228 g/mol. The number of carbonyl (C=O) groups is 1. The summed E-state index contributed by atoms with van der Waals surface area (Å²) < 4.78 is 4.81. The first kappa shape index (κ1) is 14.6. The Kier molecular flexibility index (Phi) is 6.36. The zero-order valence-electron chi connectivity index (χ0n) is 11.4. The molecule has 1 N–H and O–H groups in total. The fourth-order valence-electron chi connectivity index (χ4n) is 1.78. The molecule has 0 aliphatic rings. The number of rotatable bonds is 7. The van der Waals surface area contributed by atoms with Crippen molar-refractivity contribution in [3.63, 3.8) is 0 Å². The van der Waals surface area contributed by atoms with Gasteiger partial charge in [0.15, 0.2) is 0 Å². The SMILES string of the molecule is CCCCC(NCc1ncccc1C)C(=O)OC. The van der Waals surface area contributed by atoms with E-state index in [1.807, 2.05) is 19.1 Å². The Morgan fingerprint density at radius 2 is 2.33 bits per heavy atom. The molecule has 4 heteroatoms. The molecule has 0 bridgehead atoms. The van der Waals surface area contributed by atoms with E-state index in [-0.39, 0.29) is 12.0 Å². The van der Waals surface area contributed by atoms with Gasteiger partial charge in [-0.2, -0.15) is 0 Å². The summed E-state index contributed by atoms with van der Waals surface area (Å²) in [4.78, 5) is 15.9. The van der Waals surface area contributed by atoms with Crippen molar-refractivity contribution in [2.75, 3.05) is 7.11 Å². The highest BCUT2D eigenvalue weighted by Gasteiger charge is 2.18. The Morgan fingerprint density at radius 3 is 2.94 bits per heavy atom. The van der Waals surface area contributed by atoms with E-state index >= 15 is 0 Å². The van der Waals surface area contributed by atoms with Crippen LogP contribution >= 0.6 is 0 Å². The maximum absolute atomic E-state index is 11.6. The molecule has 0 saturated heterocycles. The molecule has 1 heterocycles. The molecular formula is C14H22N2O2. The highest BCUT2D eigenvalue weighted by atomic mass is 16.5. The van der Waals surface area contributed by atoms with Crippen molar-refractivity contribution in [1.29, 1.82) is 0 Å². The van der Waals surface area contributed by atoms with Gasteiger partial charge >= 0.3 is 5.97 Å². The van der Waals surface area contributed by atoms with Gasteiger partial charge in [0, 0.05) is 12.7 Å². The Labute approximate surface area is 109 Å². The second-order valence-electron chi connectivity index (χ2n) is 4.37.